The first-order valence-electron chi connectivity index (χ1n) is 6.13. The van der Waals surface area contributed by atoms with Crippen molar-refractivity contribution < 1.29 is 5.11 Å². The van der Waals surface area contributed by atoms with Gasteiger partial charge in [0.25, 0.3) is 0 Å². The van der Waals surface area contributed by atoms with E-state index in [4.69, 9.17) is 5.26 Å². The van der Waals surface area contributed by atoms with Crippen LogP contribution in [0.3, 0.4) is 0 Å². The molecule has 1 unspecified atom stereocenters. The van der Waals surface area contributed by atoms with E-state index in [-0.39, 0.29) is 0 Å². The number of aliphatic hydroxyl groups is 1. The number of rotatable bonds is 6. The van der Waals surface area contributed by atoms with Crippen molar-refractivity contribution in [2.75, 3.05) is 6.54 Å². The molecule has 1 heterocycles. The molecular weight excluding hydrogens is 240 g/mol. The van der Waals surface area contributed by atoms with Crippen LogP contribution in [0.15, 0.2) is 42.7 Å². The van der Waals surface area contributed by atoms with Crippen molar-refractivity contribution >= 4 is 0 Å². The molecule has 5 heteroatoms. The highest BCUT2D eigenvalue weighted by atomic mass is 16.3. The fourth-order valence-corrected chi connectivity index (χ4v) is 1.82. The number of benzene rings is 1. The molecule has 0 fully saturated rings. The molecule has 1 aromatic carbocycles. The minimum Gasteiger partial charge on any atom is -0.390 e. The average molecular weight is 256 g/mol. The number of nitrogens with one attached hydrogen (secondary N) is 1. The lowest BCUT2D eigenvalue weighted by molar-refractivity contribution is 0.146. The van der Waals surface area contributed by atoms with Crippen LogP contribution in [0.5, 0.6) is 0 Å². The lowest BCUT2D eigenvalue weighted by atomic mass is 10.1. The molecule has 1 atom stereocenters. The van der Waals surface area contributed by atoms with Crippen LogP contribution in [0.25, 0.3) is 0 Å². The van der Waals surface area contributed by atoms with Crippen molar-refractivity contribution in [1.82, 2.24) is 15.1 Å². The Morgan fingerprint density at radius 3 is 3.05 bits per heavy atom. The minimum atomic E-state index is -0.487. The predicted octanol–water partition coefficient (Wildman–Crippen LogP) is 0.905. The fourth-order valence-electron chi connectivity index (χ4n) is 1.82. The Morgan fingerprint density at radius 2 is 2.32 bits per heavy atom. The summed E-state index contributed by atoms with van der Waals surface area (Å²) in [6, 6.07) is 11.4. The van der Waals surface area contributed by atoms with Crippen molar-refractivity contribution in [1.29, 1.82) is 5.26 Å². The maximum Gasteiger partial charge on any atom is 0.0991 e. The lowest BCUT2D eigenvalue weighted by Crippen LogP contribution is -2.30. The van der Waals surface area contributed by atoms with E-state index in [0.717, 1.165) is 5.56 Å². The molecule has 0 saturated heterocycles. The third-order valence-corrected chi connectivity index (χ3v) is 2.72. The van der Waals surface area contributed by atoms with Gasteiger partial charge in [-0.05, 0) is 23.8 Å². The minimum absolute atomic E-state index is 0.470. The summed E-state index contributed by atoms with van der Waals surface area (Å²) in [4.78, 5) is 0. The topological polar surface area (TPSA) is 73.9 Å². The van der Waals surface area contributed by atoms with Crippen LogP contribution in [-0.2, 0) is 13.1 Å². The summed E-state index contributed by atoms with van der Waals surface area (Å²) in [6.07, 6.45) is 3.02. The van der Waals surface area contributed by atoms with Crippen LogP contribution >= 0.6 is 0 Å². The van der Waals surface area contributed by atoms with Gasteiger partial charge in [-0.15, -0.1) is 0 Å². The Bertz CT molecular complexity index is 545. The smallest absolute Gasteiger partial charge is 0.0991 e. The summed E-state index contributed by atoms with van der Waals surface area (Å²) in [5.74, 6) is 0. The molecule has 98 valence electrons. The Labute approximate surface area is 112 Å². The van der Waals surface area contributed by atoms with E-state index in [1.165, 1.54) is 0 Å². The number of hydrogen-bond acceptors (Lipinski definition) is 4. The second-order valence-electron chi connectivity index (χ2n) is 4.33. The van der Waals surface area contributed by atoms with Crippen molar-refractivity contribution in [2.45, 2.75) is 19.2 Å². The average Bonchev–Trinajstić information content (AvgIpc) is 2.92. The molecule has 0 aliphatic heterocycles. The number of aromatic nitrogens is 2. The van der Waals surface area contributed by atoms with Gasteiger partial charge < -0.3 is 10.4 Å². The molecule has 0 amide bonds. The standard InChI is InChI=1S/C14H16N4O/c15-8-12-3-1-4-13(7-12)9-16-10-14(19)11-18-6-2-5-17-18/h1-7,14,16,19H,9-11H2. The molecule has 2 aromatic rings. The maximum atomic E-state index is 9.82. The number of nitriles is 1. The van der Waals surface area contributed by atoms with Gasteiger partial charge in [-0.25, -0.2) is 0 Å². The van der Waals surface area contributed by atoms with E-state index < -0.39 is 6.10 Å². The zero-order valence-corrected chi connectivity index (χ0v) is 10.5. The molecule has 0 radical (unpaired) electrons. The Morgan fingerprint density at radius 1 is 1.42 bits per heavy atom. The highest BCUT2D eigenvalue weighted by Crippen LogP contribution is 2.03. The summed E-state index contributed by atoms with van der Waals surface area (Å²) in [7, 11) is 0. The Hall–Kier alpha value is -2.16. The van der Waals surface area contributed by atoms with Crippen molar-refractivity contribution in [2.24, 2.45) is 0 Å². The number of nitrogens with zero attached hydrogens (tertiary/aromatic N) is 3. The van der Waals surface area contributed by atoms with Gasteiger partial charge in [0.15, 0.2) is 0 Å². The van der Waals surface area contributed by atoms with E-state index in [2.05, 4.69) is 16.5 Å². The van der Waals surface area contributed by atoms with Gasteiger partial charge in [0.2, 0.25) is 0 Å². The number of hydrogen-bond donors (Lipinski definition) is 2. The van der Waals surface area contributed by atoms with Crippen LogP contribution in [0.2, 0.25) is 0 Å². The van der Waals surface area contributed by atoms with Crippen molar-refractivity contribution in [3.05, 3.63) is 53.9 Å². The normalized spacial score (nSPS) is 12.0. The van der Waals surface area contributed by atoms with Crippen LogP contribution < -0.4 is 5.32 Å². The first-order valence-corrected chi connectivity index (χ1v) is 6.13. The van der Waals surface area contributed by atoms with Gasteiger partial charge in [-0.2, -0.15) is 10.4 Å². The molecule has 0 saturated carbocycles. The predicted molar refractivity (Wildman–Crippen MR) is 71.1 cm³/mol. The van der Waals surface area contributed by atoms with Gasteiger partial charge in [0.05, 0.1) is 24.3 Å². The SMILES string of the molecule is N#Cc1cccc(CNCC(O)Cn2cccn2)c1. The second kappa shape index (κ2) is 6.69. The fraction of sp³-hybridized carbons (Fsp3) is 0.286. The molecule has 0 aliphatic carbocycles. The van der Waals surface area contributed by atoms with Crippen LogP contribution in [0, 0.1) is 11.3 Å². The molecule has 0 spiro atoms. The molecule has 0 bridgehead atoms. The molecule has 19 heavy (non-hydrogen) atoms. The highest BCUT2D eigenvalue weighted by Gasteiger charge is 2.04. The summed E-state index contributed by atoms with van der Waals surface area (Å²) in [5, 5.41) is 25.8. The first kappa shape index (κ1) is 13.3. The Kier molecular flexibility index (Phi) is 4.67. The van der Waals surface area contributed by atoms with E-state index in [1.807, 2.05) is 30.5 Å². The quantitative estimate of drug-likeness (QED) is 0.805. The summed E-state index contributed by atoms with van der Waals surface area (Å²) < 4.78 is 1.70. The van der Waals surface area contributed by atoms with Gasteiger partial charge in [0.1, 0.15) is 0 Å². The highest BCUT2D eigenvalue weighted by molar-refractivity contribution is 5.32. The van der Waals surface area contributed by atoms with Crippen molar-refractivity contribution in [3.63, 3.8) is 0 Å². The van der Waals surface area contributed by atoms with E-state index in [0.29, 0.717) is 25.2 Å². The van der Waals surface area contributed by atoms with Gasteiger partial charge in [-0.3, -0.25) is 4.68 Å². The second-order valence-corrected chi connectivity index (χ2v) is 4.33. The monoisotopic (exact) mass is 256 g/mol. The summed E-state index contributed by atoms with van der Waals surface area (Å²) >= 11 is 0. The van der Waals surface area contributed by atoms with Crippen molar-refractivity contribution in [3.8, 4) is 6.07 Å². The van der Waals surface area contributed by atoms with Gasteiger partial charge in [-0.1, -0.05) is 12.1 Å². The molecule has 2 rings (SSSR count). The van der Waals surface area contributed by atoms with Crippen LogP contribution in [0.1, 0.15) is 11.1 Å². The first-order chi connectivity index (χ1) is 9.28. The third kappa shape index (κ3) is 4.21. The Balaban J connectivity index is 1.75. The molecule has 1 aromatic heterocycles. The van der Waals surface area contributed by atoms with Crippen LogP contribution in [-0.4, -0.2) is 27.5 Å². The molecule has 2 N–H and O–H groups in total. The maximum absolute atomic E-state index is 9.82. The zero-order chi connectivity index (χ0) is 13.5. The van der Waals surface area contributed by atoms with E-state index >= 15 is 0 Å². The summed E-state index contributed by atoms with van der Waals surface area (Å²) in [5.41, 5.74) is 1.68. The van der Waals surface area contributed by atoms with E-state index in [1.54, 1.807) is 16.9 Å². The largest absolute Gasteiger partial charge is 0.390 e. The number of aliphatic hydroxyl groups excluding tert-OH is 1. The van der Waals surface area contributed by atoms with Gasteiger partial charge in [0, 0.05) is 25.5 Å². The molecule has 0 aliphatic rings. The summed E-state index contributed by atoms with van der Waals surface area (Å²) in [6.45, 7) is 1.58. The van der Waals surface area contributed by atoms with Gasteiger partial charge >= 0.3 is 0 Å². The molecular formula is C14H16N4O. The van der Waals surface area contributed by atoms with E-state index in [9.17, 15) is 5.11 Å². The third-order valence-electron chi connectivity index (χ3n) is 2.72. The zero-order valence-electron chi connectivity index (χ0n) is 10.5. The lowest BCUT2D eigenvalue weighted by Gasteiger charge is -2.12. The molecule has 5 nitrogen and oxygen atoms in total. The van der Waals surface area contributed by atoms with Crippen LogP contribution in [0.4, 0.5) is 0 Å².